The fourth-order valence-electron chi connectivity index (χ4n) is 2.34. The van der Waals surface area contributed by atoms with Gasteiger partial charge in [0.05, 0.1) is 4.92 Å². The summed E-state index contributed by atoms with van der Waals surface area (Å²) < 4.78 is 0. The summed E-state index contributed by atoms with van der Waals surface area (Å²) in [5.74, 6) is -0.0675. The molecule has 0 bridgehead atoms. The van der Waals surface area contributed by atoms with Crippen molar-refractivity contribution >= 4 is 17.7 Å². The van der Waals surface area contributed by atoms with Crippen molar-refractivity contribution in [1.82, 2.24) is 10.2 Å². The molecule has 1 amide bonds. The summed E-state index contributed by atoms with van der Waals surface area (Å²) in [4.78, 5) is 23.8. The standard InChI is InChI=1S/C15H19N3O3/c1-17(11-13-3-2-10-16-13)15(19)9-6-12-4-7-14(8-5-12)18(20)21/h4-9,13,16H,2-3,10-11H2,1H3/b9-6+. The van der Waals surface area contributed by atoms with Gasteiger partial charge in [-0.15, -0.1) is 0 Å². The first-order valence-corrected chi connectivity index (χ1v) is 6.97. The molecule has 1 aromatic rings. The van der Waals surface area contributed by atoms with Crippen LogP contribution in [0.5, 0.6) is 0 Å². The Kier molecular flexibility index (Phi) is 5.05. The SMILES string of the molecule is CN(CC1CCCN1)C(=O)/C=C/c1ccc([N+](=O)[O-])cc1. The lowest BCUT2D eigenvalue weighted by Crippen LogP contribution is -2.37. The Bertz CT molecular complexity index is 534. The van der Waals surface area contributed by atoms with Crippen LogP contribution in [0.3, 0.4) is 0 Å². The Morgan fingerprint density at radius 1 is 1.48 bits per heavy atom. The first-order chi connectivity index (χ1) is 10.1. The maximum absolute atomic E-state index is 12.0. The summed E-state index contributed by atoms with van der Waals surface area (Å²) in [6.07, 6.45) is 5.43. The zero-order chi connectivity index (χ0) is 15.2. The molecule has 0 spiro atoms. The molecule has 0 saturated carbocycles. The average Bonchev–Trinajstić information content (AvgIpc) is 2.98. The molecule has 1 saturated heterocycles. The van der Waals surface area contributed by atoms with Crippen LogP contribution in [0.1, 0.15) is 18.4 Å². The van der Waals surface area contributed by atoms with Crippen molar-refractivity contribution < 1.29 is 9.72 Å². The van der Waals surface area contributed by atoms with Gasteiger partial charge >= 0.3 is 0 Å². The van der Waals surface area contributed by atoms with E-state index in [9.17, 15) is 14.9 Å². The summed E-state index contributed by atoms with van der Waals surface area (Å²) in [5, 5.41) is 13.9. The molecule has 1 aromatic carbocycles. The first-order valence-electron chi connectivity index (χ1n) is 6.97. The summed E-state index contributed by atoms with van der Waals surface area (Å²) >= 11 is 0. The molecule has 6 heteroatoms. The van der Waals surface area contributed by atoms with Crippen LogP contribution in [0.2, 0.25) is 0 Å². The number of nitrogens with one attached hydrogen (secondary N) is 1. The summed E-state index contributed by atoms with van der Waals surface area (Å²) in [6.45, 7) is 1.72. The van der Waals surface area contributed by atoms with Gasteiger partial charge in [-0.3, -0.25) is 14.9 Å². The predicted octanol–water partition coefficient (Wildman–Crippen LogP) is 1.82. The lowest BCUT2D eigenvalue weighted by atomic mass is 10.2. The van der Waals surface area contributed by atoms with Gasteiger partial charge in [-0.1, -0.05) is 0 Å². The van der Waals surface area contributed by atoms with E-state index in [0.717, 1.165) is 24.9 Å². The molecule has 1 N–H and O–H groups in total. The van der Waals surface area contributed by atoms with Crippen molar-refractivity contribution in [2.45, 2.75) is 18.9 Å². The summed E-state index contributed by atoms with van der Waals surface area (Å²) in [5.41, 5.74) is 0.809. The molecule has 21 heavy (non-hydrogen) atoms. The van der Waals surface area contributed by atoms with Crippen LogP contribution in [0.25, 0.3) is 6.08 Å². The van der Waals surface area contributed by atoms with Gasteiger partial charge in [-0.25, -0.2) is 0 Å². The van der Waals surface area contributed by atoms with E-state index in [1.165, 1.54) is 18.2 Å². The number of amides is 1. The van der Waals surface area contributed by atoms with Crippen LogP contribution in [-0.2, 0) is 4.79 Å². The number of carbonyl (C=O) groups is 1. The summed E-state index contributed by atoms with van der Waals surface area (Å²) in [7, 11) is 1.78. The monoisotopic (exact) mass is 289 g/mol. The molecule has 1 heterocycles. The first kappa shape index (κ1) is 15.2. The molecule has 0 radical (unpaired) electrons. The highest BCUT2D eigenvalue weighted by Gasteiger charge is 2.17. The number of likely N-dealkylation sites (N-methyl/N-ethyl adjacent to an activating group) is 1. The molecule has 0 aromatic heterocycles. The maximum atomic E-state index is 12.0. The molecule has 112 valence electrons. The van der Waals surface area contributed by atoms with Gasteiger partial charge in [0.15, 0.2) is 0 Å². The van der Waals surface area contributed by atoms with Crippen molar-refractivity contribution in [2.24, 2.45) is 0 Å². The van der Waals surface area contributed by atoms with E-state index in [0.29, 0.717) is 12.6 Å². The topological polar surface area (TPSA) is 75.5 Å². The van der Waals surface area contributed by atoms with E-state index in [-0.39, 0.29) is 11.6 Å². The number of hydrogen-bond donors (Lipinski definition) is 1. The third-order valence-electron chi connectivity index (χ3n) is 3.56. The quantitative estimate of drug-likeness (QED) is 0.509. The number of carbonyl (C=O) groups excluding carboxylic acids is 1. The van der Waals surface area contributed by atoms with E-state index in [1.54, 1.807) is 30.2 Å². The van der Waals surface area contributed by atoms with E-state index < -0.39 is 4.92 Å². The molecule has 1 aliphatic rings. The molecule has 0 aliphatic carbocycles. The average molecular weight is 289 g/mol. The Balaban J connectivity index is 1.89. The Morgan fingerprint density at radius 3 is 2.76 bits per heavy atom. The minimum atomic E-state index is -0.443. The van der Waals surface area contributed by atoms with Gasteiger partial charge < -0.3 is 10.2 Å². The van der Waals surface area contributed by atoms with Gasteiger partial charge in [0, 0.05) is 37.8 Å². The molecule has 1 aliphatic heterocycles. The largest absolute Gasteiger partial charge is 0.341 e. The van der Waals surface area contributed by atoms with Gasteiger partial charge in [-0.2, -0.15) is 0 Å². The number of non-ortho nitro benzene ring substituents is 1. The fraction of sp³-hybridized carbons (Fsp3) is 0.400. The van der Waals surface area contributed by atoms with Crippen molar-refractivity contribution in [3.8, 4) is 0 Å². The number of nitro benzene ring substituents is 1. The molecular formula is C15H19N3O3. The highest BCUT2D eigenvalue weighted by Crippen LogP contribution is 2.13. The van der Waals surface area contributed by atoms with Gasteiger partial charge in [0.25, 0.3) is 5.69 Å². The third kappa shape index (κ3) is 4.39. The van der Waals surface area contributed by atoms with E-state index in [2.05, 4.69) is 5.32 Å². The summed E-state index contributed by atoms with van der Waals surface area (Å²) in [6, 6.07) is 6.49. The highest BCUT2D eigenvalue weighted by molar-refractivity contribution is 5.91. The fourth-order valence-corrected chi connectivity index (χ4v) is 2.34. The second-order valence-electron chi connectivity index (χ2n) is 5.19. The number of nitrogens with zero attached hydrogens (tertiary/aromatic N) is 2. The van der Waals surface area contributed by atoms with Crippen molar-refractivity contribution in [3.05, 3.63) is 46.0 Å². The number of hydrogen-bond acceptors (Lipinski definition) is 4. The van der Waals surface area contributed by atoms with Gasteiger partial charge in [0.1, 0.15) is 0 Å². The zero-order valence-corrected chi connectivity index (χ0v) is 12.0. The van der Waals surface area contributed by atoms with E-state index in [4.69, 9.17) is 0 Å². The minimum Gasteiger partial charge on any atom is -0.341 e. The molecular weight excluding hydrogens is 270 g/mol. The predicted molar refractivity (Wildman–Crippen MR) is 80.8 cm³/mol. The minimum absolute atomic E-state index is 0.0444. The maximum Gasteiger partial charge on any atom is 0.269 e. The van der Waals surface area contributed by atoms with Crippen LogP contribution < -0.4 is 5.32 Å². The Hall–Kier alpha value is -2.21. The van der Waals surface area contributed by atoms with Crippen molar-refractivity contribution in [1.29, 1.82) is 0 Å². The molecule has 1 atom stereocenters. The zero-order valence-electron chi connectivity index (χ0n) is 12.0. The van der Waals surface area contributed by atoms with Crippen LogP contribution >= 0.6 is 0 Å². The highest BCUT2D eigenvalue weighted by atomic mass is 16.6. The van der Waals surface area contributed by atoms with Crippen molar-refractivity contribution in [2.75, 3.05) is 20.1 Å². The van der Waals surface area contributed by atoms with Crippen LogP contribution in [0.15, 0.2) is 30.3 Å². The van der Waals surface area contributed by atoms with Crippen molar-refractivity contribution in [3.63, 3.8) is 0 Å². The van der Waals surface area contributed by atoms with E-state index >= 15 is 0 Å². The lowest BCUT2D eigenvalue weighted by Gasteiger charge is -2.19. The van der Waals surface area contributed by atoms with Gasteiger partial charge in [-0.05, 0) is 43.2 Å². The number of rotatable bonds is 5. The van der Waals surface area contributed by atoms with Gasteiger partial charge in [0.2, 0.25) is 5.91 Å². The van der Waals surface area contributed by atoms with Crippen LogP contribution in [0.4, 0.5) is 5.69 Å². The Labute approximate surface area is 123 Å². The normalized spacial score (nSPS) is 18.0. The number of nitro groups is 1. The molecule has 2 rings (SSSR count). The smallest absolute Gasteiger partial charge is 0.269 e. The second kappa shape index (κ2) is 6.99. The van der Waals surface area contributed by atoms with E-state index in [1.807, 2.05) is 0 Å². The number of benzene rings is 1. The molecule has 1 fully saturated rings. The second-order valence-corrected chi connectivity index (χ2v) is 5.19. The molecule has 6 nitrogen and oxygen atoms in total. The van der Waals surface area contributed by atoms with Crippen LogP contribution in [-0.4, -0.2) is 41.9 Å². The third-order valence-corrected chi connectivity index (χ3v) is 3.56. The Morgan fingerprint density at radius 2 is 2.19 bits per heavy atom. The van der Waals surface area contributed by atoms with Crippen LogP contribution in [0, 0.1) is 10.1 Å². The lowest BCUT2D eigenvalue weighted by molar-refractivity contribution is -0.384. The molecule has 1 unspecified atom stereocenters.